The van der Waals surface area contributed by atoms with Gasteiger partial charge in [0.1, 0.15) is 6.04 Å². The van der Waals surface area contributed by atoms with Crippen LogP contribution in [0.2, 0.25) is 0 Å². The van der Waals surface area contributed by atoms with Gasteiger partial charge in [0.25, 0.3) is 0 Å². The molecular weight excluding hydrogens is 276 g/mol. The van der Waals surface area contributed by atoms with Crippen LogP contribution in [0, 0.1) is 0 Å². The second-order valence-electron chi connectivity index (χ2n) is 5.30. The molecule has 1 rings (SSSR count). The quantitative estimate of drug-likeness (QED) is 0.791. The van der Waals surface area contributed by atoms with E-state index in [2.05, 4.69) is 25.4 Å². The molecule has 6 heteroatoms. The molecular formula is C14H26N2O3S. The lowest BCUT2D eigenvalue weighted by Gasteiger charge is -2.35. The van der Waals surface area contributed by atoms with Crippen molar-refractivity contribution in [3.63, 3.8) is 0 Å². The minimum atomic E-state index is -0.901. The highest BCUT2D eigenvalue weighted by Crippen LogP contribution is 2.29. The first-order chi connectivity index (χ1) is 9.49. The van der Waals surface area contributed by atoms with Crippen LogP contribution in [0.15, 0.2) is 0 Å². The van der Waals surface area contributed by atoms with Gasteiger partial charge in [0.05, 0.1) is 0 Å². The van der Waals surface area contributed by atoms with Crippen molar-refractivity contribution in [1.29, 1.82) is 0 Å². The highest BCUT2D eigenvalue weighted by Gasteiger charge is 2.33. The average Bonchev–Trinajstić information content (AvgIpc) is 2.49. The monoisotopic (exact) mass is 302 g/mol. The molecule has 1 heterocycles. The van der Waals surface area contributed by atoms with Crippen molar-refractivity contribution in [3.05, 3.63) is 0 Å². The van der Waals surface area contributed by atoms with Gasteiger partial charge in [-0.3, -0.25) is 0 Å². The maximum Gasteiger partial charge on any atom is 0.326 e. The number of thioether (sulfide) groups is 1. The molecule has 2 N–H and O–H groups in total. The first-order valence-electron chi connectivity index (χ1n) is 7.32. The summed E-state index contributed by atoms with van der Waals surface area (Å²) in [6, 6.07) is -0.909. The third kappa shape index (κ3) is 4.04. The van der Waals surface area contributed by atoms with Crippen LogP contribution in [0.1, 0.15) is 46.0 Å². The van der Waals surface area contributed by atoms with Crippen LogP contribution in [0.25, 0.3) is 0 Å². The van der Waals surface area contributed by atoms with Gasteiger partial charge in [-0.05, 0) is 38.4 Å². The summed E-state index contributed by atoms with van der Waals surface area (Å²) in [5, 5.41) is 12.1. The summed E-state index contributed by atoms with van der Waals surface area (Å²) >= 11 is 1.76. The predicted octanol–water partition coefficient (Wildman–Crippen LogP) is 2.56. The molecule has 1 unspecified atom stereocenters. The van der Waals surface area contributed by atoms with E-state index in [4.69, 9.17) is 0 Å². The Kier molecular flexibility index (Phi) is 6.65. The van der Waals surface area contributed by atoms with E-state index in [0.717, 1.165) is 25.7 Å². The number of hydrogen-bond donors (Lipinski definition) is 2. The number of urea groups is 1. The van der Waals surface area contributed by atoms with Gasteiger partial charge in [-0.15, -0.1) is 0 Å². The van der Waals surface area contributed by atoms with Crippen LogP contribution in [-0.2, 0) is 4.79 Å². The van der Waals surface area contributed by atoms with E-state index in [1.807, 2.05) is 0 Å². The summed E-state index contributed by atoms with van der Waals surface area (Å²) in [7, 11) is 0. The molecule has 20 heavy (non-hydrogen) atoms. The largest absolute Gasteiger partial charge is 0.480 e. The molecule has 116 valence electrons. The highest BCUT2D eigenvalue weighted by atomic mass is 32.2. The van der Waals surface area contributed by atoms with E-state index in [1.165, 1.54) is 4.90 Å². The maximum atomic E-state index is 12.2. The Bertz CT molecular complexity index is 337. The molecule has 0 aliphatic carbocycles. The lowest BCUT2D eigenvalue weighted by Crippen LogP contribution is -2.53. The van der Waals surface area contributed by atoms with Gasteiger partial charge < -0.3 is 15.3 Å². The lowest BCUT2D eigenvalue weighted by molar-refractivity contribution is -0.143. The number of piperidine rings is 1. The number of carbonyl (C=O) groups excluding carboxylic acids is 1. The Balaban J connectivity index is 2.62. The maximum absolute atomic E-state index is 12.2. The number of nitrogens with one attached hydrogen (secondary N) is 1. The molecule has 1 aliphatic heterocycles. The van der Waals surface area contributed by atoms with Crippen LogP contribution < -0.4 is 5.32 Å². The number of aliphatic carboxylic acids is 1. The number of amides is 2. The van der Waals surface area contributed by atoms with Gasteiger partial charge in [0.2, 0.25) is 0 Å². The van der Waals surface area contributed by atoms with Crippen molar-refractivity contribution in [2.24, 2.45) is 0 Å². The summed E-state index contributed by atoms with van der Waals surface area (Å²) in [5.41, 5.74) is 0. The number of carbonyl (C=O) groups is 2. The summed E-state index contributed by atoms with van der Waals surface area (Å²) in [6.45, 7) is 5.36. The first-order valence-corrected chi connectivity index (χ1v) is 8.54. The molecule has 1 saturated heterocycles. The second kappa shape index (κ2) is 7.76. The molecule has 0 saturated carbocycles. The fraction of sp³-hybridized carbons (Fsp3) is 0.857. The molecule has 2 amide bonds. The van der Waals surface area contributed by atoms with Gasteiger partial charge in [-0.1, -0.05) is 13.8 Å². The number of nitrogens with zero attached hydrogens (tertiary/aromatic N) is 1. The average molecular weight is 302 g/mol. The zero-order chi connectivity index (χ0) is 15.2. The van der Waals surface area contributed by atoms with Crippen LogP contribution in [0.3, 0.4) is 0 Å². The predicted molar refractivity (Wildman–Crippen MR) is 82.2 cm³/mol. The molecule has 0 aromatic carbocycles. The molecule has 5 nitrogen and oxygen atoms in total. The summed E-state index contributed by atoms with van der Waals surface area (Å²) in [5.74, 6) is -0.901. The fourth-order valence-corrected chi connectivity index (χ4v) is 3.42. The van der Waals surface area contributed by atoms with Crippen molar-refractivity contribution in [2.75, 3.05) is 19.3 Å². The minimum absolute atomic E-state index is 0.0458. The first kappa shape index (κ1) is 17.1. The summed E-state index contributed by atoms with van der Waals surface area (Å²) in [4.78, 5) is 24.9. The normalized spacial score (nSPS) is 19.8. The van der Waals surface area contributed by atoms with Crippen molar-refractivity contribution in [2.45, 2.75) is 56.7 Å². The smallest absolute Gasteiger partial charge is 0.326 e. The number of likely N-dealkylation sites (tertiary alicyclic amines) is 1. The van der Waals surface area contributed by atoms with Crippen LogP contribution >= 0.6 is 11.8 Å². The fourth-order valence-electron chi connectivity index (χ4n) is 2.63. The number of carboxylic acids is 1. The Morgan fingerprint density at radius 1 is 1.35 bits per heavy atom. The van der Waals surface area contributed by atoms with Crippen molar-refractivity contribution >= 4 is 23.8 Å². The van der Waals surface area contributed by atoms with E-state index >= 15 is 0 Å². The van der Waals surface area contributed by atoms with Crippen molar-refractivity contribution in [3.8, 4) is 0 Å². The third-order valence-corrected chi connectivity index (χ3v) is 5.92. The third-order valence-electron chi connectivity index (χ3n) is 4.33. The van der Waals surface area contributed by atoms with E-state index in [9.17, 15) is 14.7 Å². The molecule has 0 radical (unpaired) electrons. The Labute approximate surface area is 125 Å². The SMILES string of the molecule is CCC(CC)(CNC(=O)N1CCCCC1C(=O)O)SC. The Hall–Kier alpha value is -0.910. The van der Waals surface area contributed by atoms with E-state index in [0.29, 0.717) is 19.5 Å². The number of rotatable bonds is 6. The van der Waals surface area contributed by atoms with E-state index < -0.39 is 12.0 Å². The second-order valence-corrected chi connectivity index (χ2v) is 6.57. The van der Waals surface area contributed by atoms with Crippen LogP contribution in [0.5, 0.6) is 0 Å². The van der Waals surface area contributed by atoms with Gasteiger partial charge >= 0.3 is 12.0 Å². The summed E-state index contributed by atoms with van der Waals surface area (Å²) in [6.07, 6.45) is 6.32. The highest BCUT2D eigenvalue weighted by molar-refractivity contribution is 8.00. The molecule has 0 aromatic rings. The lowest BCUT2D eigenvalue weighted by atomic mass is 10.0. The van der Waals surface area contributed by atoms with E-state index in [1.54, 1.807) is 11.8 Å². The zero-order valence-corrected chi connectivity index (χ0v) is 13.5. The zero-order valence-electron chi connectivity index (χ0n) is 12.6. The standard InChI is InChI=1S/C14H26N2O3S/c1-4-14(5-2,20-3)10-15-13(19)16-9-7-6-8-11(16)12(17)18/h11H,4-10H2,1-3H3,(H,15,19)(H,17,18). The number of carboxylic acid groups (broad SMARTS) is 1. The van der Waals surface area contributed by atoms with E-state index in [-0.39, 0.29) is 10.8 Å². The molecule has 0 spiro atoms. The molecule has 0 aromatic heterocycles. The Morgan fingerprint density at radius 2 is 2.00 bits per heavy atom. The van der Waals surface area contributed by atoms with Gasteiger partial charge in [-0.25, -0.2) is 9.59 Å². The topological polar surface area (TPSA) is 69.6 Å². The number of hydrogen-bond acceptors (Lipinski definition) is 3. The molecule has 1 atom stereocenters. The van der Waals surface area contributed by atoms with Gasteiger partial charge in [-0.2, -0.15) is 11.8 Å². The van der Waals surface area contributed by atoms with Crippen molar-refractivity contribution in [1.82, 2.24) is 10.2 Å². The van der Waals surface area contributed by atoms with Crippen molar-refractivity contribution < 1.29 is 14.7 Å². The molecule has 1 fully saturated rings. The van der Waals surface area contributed by atoms with Crippen LogP contribution in [-0.4, -0.2) is 52.1 Å². The molecule has 1 aliphatic rings. The van der Waals surface area contributed by atoms with Gasteiger partial charge in [0, 0.05) is 17.8 Å². The molecule has 0 bridgehead atoms. The summed E-state index contributed by atoms with van der Waals surface area (Å²) < 4.78 is 0.0458. The Morgan fingerprint density at radius 3 is 2.50 bits per heavy atom. The minimum Gasteiger partial charge on any atom is -0.480 e. The van der Waals surface area contributed by atoms with Crippen LogP contribution in [0.4, 0.5) is 4.79 Å². The van der Waals surface area contributed by atoms with Gasteiger partial charge in [0.15, 0.2) is 0 Å².